The fourth-order valence-electron chi connectivity index (χ4n) is 2.68. The van der Waals surface area contributed by atoms with E-state index in [-0.39, 0.29) is 0 Å². The molecular weight excluding hydrogens is 230 g/mol. The molecular formula is C14H17NOS. The first-order valence-electron chi connectivity index (χ1n) is 6.18. The maximum atomic E-state index is 9.34. The maximum Gasteiger partial charge on any atom is 0.0587 e. The molecule has 0 aliphatic carbocycles. The third-order valence-electron chi connectivity index (χ3n) is 3.64. The lowest BCUT2D eigenvalue weighted by Gasteiger charge is -2.22. The van der Waals surface area contributed by atoms with Crippen molar-refractivity contribution in [1.29, 1.82) is 0 Å². The highest BCUT2D eigenvalue weighted by Gasteiger charge is 2.24. The summed E-state index contributed by atoms with van der Waals surface area (Å²) in [6.45, 7) is 2.40. The van der Waals surface area contributed by atoms with Gasteiger partial charge in [-0.05, 0) is 41.8 Å². The molecule has 2 heterocycles. The third kappa shape index (κ3) is 2.10. The zero-order valence-corrected chi connectivity index (χ0v) is 10.6. The lowest BCUT2D eigenvalue weighted by atomic mass is 10.1. The van der Waals surface area contributed by atoms with E-state index in [1.165, 1.54) is 22.1 Å². The average molecular weight is 247 g/mol. The molecule has 1 atom stereocenters. The lowest BCUT2D eigenvalue weighted by molar-refractivity contribution is 0.154. The van der Waals surface area contributed by atoms with Crippen LogP contribution in [0.1, 0.15) is 18.4 Å². The van der Waals surface area contributed by atoms with E-state index >= 15 is 0 Å². The minimum Gasteiger partial charge on any atom is -0.395 e. The van der Waals surface area contributed by atoms with Crippen molar-refractivity contribution >= 4 is 21.4 Å². The van der Waals surface area contributed by atoms with Crippen LogP contribution in [0.2, 0.25) is 0 Å². The van der Waals surface area contributed by atoms with Gasteiger partial charge in [0, 0.05) is 17.3 Å². The summed E-state index contributed by atoms with van der Waals surface area (Å²) in [5.74, 6) is 0. The Bertz CT molecular complexity index is 508. The summed E-state index contributed by atoms with van der Waals surface area (Å²) >= 11 is 1.82. The number of thiophene rings is 1. The summed E-state index contributed by atoms with van der Waals surface area (Å²) in [5, 5.41) is 13.0. The lowest BCUT2D eigenvalue weighted by Crippen LogP contribution is -2.31. The van der Waals surface area contributed by atoms with Gasteiger partial charge in [0.1, 0.15) is 0 Å². The number of rotatable bonds is 3. The van der Waals surface area contributed by atoms with Crippen LogP contribution >= 0.6 is 11.3 Å². The van der Waals surface area contributed by atoms with Gasteiger partial charge >= 0.3 is 0 Å². The van der Waals surface area contributed by atoms with Gasteiger partial charge in [0.05, 0.1) is 6.61 Å². The maximum absolute atomic E-state index is 9.34. The van der Waals surface area contributed by atoms with Crippen LogP contribution in [0.25, 0.3) is 10.1 Å². The monoisotopic (exact) mass is 247 g/mol. The Morgan fingerprint density at radius 3 is 3.12 bits per heavy atom. The molecule has 1 unspecified atom stereocenters. The van der Waals surface area contributed by atoms with Gasteiger partial charge in [0.2, 0.25) is 0 Å². The molecule has 0 radical (unpaired) electrons. The van der Waals surface area contributed by atoms with Crippen molar-refractivity contribution in [2.45, 2.75) is 25.4 Å². The molecule has 3 rings (SSSR count). The van der Waals surface area contributed by atoms with Crippen molar-refractivity contribution in [3.8, 4) is 0 Å². The Morgan fingerprint density at radius 1 is 1.35 bits per heavy atom. The van der Waals surface area contributed by atoms with Crippen LogP contribution < -0.4 is 0 Å². The molecule has 0 saturated carbocycles. The molecule has 2 nitrogen and oxygen atoms in total. The van der Waals surface area contributed by atoms with E-state index in [9.17, 15) is 5.11 Å². The molecule has 0 bridgehead atoms. The molecule has 1 N–H and O–H groups in total. The zero-order chi connectivity index (χ0) is 11.7. The van der Waals surface area contributed by atoms with Crippen LogP contribution in [0.15, 0.2) is 29.6 Å². The summed E-state index contributed by atoms with van der Waals surface area (Å²) in [5.41, 5.74) is 1.41. The highest BCUT2D eigenvalue weighted by Crippen LogP contribution is 2.28. The molecule has 0 amide bonds. The van der Waals surface area contributed by atoms with E-state index in [2.05, 4.69) is 34.5 Å². The van der Waals surface area contributed by atoms with Crippen LogP contribution in [0.3, 0.4) is 0 Å². The van der Waals surface area contributed by atoms with Crippen molar-refractivity contribution in [2.75, 3.05) is 13.2 Å². The first-order chi connectivity index (χ1) is 8.38. The molecule has 0 spiro atoms. The summed E-state index contributed by atoms with van der Waals surface area (Å²) in [6, 6.07) is 8.94. The fraction of sp³-hybridized carbons (Fsp3) is 0.429. The molecule has 1 aromatic carbocycles. The number of aliphatic hydroxyl groups is 1. The fourth-order valence-corrected chi connectivity index (χ4v) is 3.64. The van der Waals surface area contributed by atoms with Crippen molar-refractivity contribution in [2.24, 2.45) is 0 Å². The van der Waals surface area contributed by atoms with Crippen LogP contribution in [-0.2, 0) is 6.54 Å². The minimum atomic E-state index is 0.294. The van der Waals surface area contributed by atoms with E-state index in [0.717, 1.165) is 19.5 Å². The van der Waals surface area contributed by atoms with Gasteiger partial charge in [-0.3, -0.25) is 4.90 Å². The highest BCUT2D eigenvalue weighted by molar-refractivity contribution is 7.17. The summed E-state index contributed by atoms with van der Waals surface area (Å²) in [6.07, 6.45) is 2.35. The molecule has 1 saturated heterocycles. The van der Waals surface area contributed by atoms with Crippen LogP contribution in [0.4, 0.5) is 0 Å². The van der Waals surface area contributed by atoms with Crippen molar-refractivity contribution in [3.63, 3.8) is 0 Å². The van der Waals surface area contributed by atoms with Crippen LogP contribution in [-0.4, -0.2) is 29.2 Å². The number of nitrogens with zero attached hydrogens (tertiary/aromatic N) is 1. The van der Waals surface area contributed by atoms with E-state index in [1.54, 1.807) is 0 Å². The normalized spacial score (nSPS) is 21.4. The predicted molar refractivity (Wildman–Crippen MR) is 72.3 cm³/mol. The predicted octanol–water partition coefficient (Wildman–Crippen LogP) is 2.86. The third-order valence-corrected chi connectivity index (χ3v) is 4.66. The Morgan fingerprint density at radius 2 is 2.24 bits per heavy atom. The van der Waals surface area contributed by atoms with Gasteiger partial charge in [-0.1, -0.05) is 18.2 Å². The smallest absolute Gasteiger partial charge is 0.0587 e. The summed E-state index contributed by atoms with van der Waals surface area (Å²) in [7, 11) is 0. The highest BCUT2D eigenvalue weighted by atomic mass is 32.1. The number of aliphatic hydroxyl groups excluding tert-OH is 1. The molecule has 17 heavy (non-hydrogen) atoms. The Kier molecular flexibility index (Phi) is 3.14. The Hall–Kier alpha value is -0.900. The summed E-state index contributed by atoms with van der Waals surface area (Å²) in [4.78, 5) is 2.41. The number of fused-ring (bicyclic) bond motifs is 1. The second kappa shape index (κ2) is 4.77. The molecule has 1 fully saturated rings. The van der Waals surface area contributed by atoms with Gasteiger partial charge in [0.25, 0.3) is 0 Å². The Labute approximate surface area is 105 Å². The van der Waals surface area contributed by atoms with E-state index < -0.39 is 0 Å². The van der Waals surface area contributed by atoms with Crippen LogP contribution in [0, 0.1) is 0 Å². The van der Waals surface area contributed by atoms with E-state index in [4.69, 9.17) is 0 Å². The second-order valence-electron chi connectivity index (χ2n) is 4.71. The van der Waals surface area contributed by atoms with Crippen molar-refractivity contribution in [1.82, 2.24) is 4.90 Å². The zero-order valence-electron chi connectivity index (χ0n) is 9.80. The number of benzene rings is 1. The first kappa shape index (κ1) is 11.2. The molecule has 1 aliphatic rings. The second-order valence-corrected chi connectivity index (χ2v) is 5.62. The largest absolute Gasteiger partial charge is 0.395 e. The quantitative estimate of drug-likeness (QED) is 0.901. The first-order valence-corrected chi connectivity index (χ1v) is 7.06. The van der Waals surface area contributed by atoms with Crippen molar-refractivity contribution < 1.29 is 5.11 Å². The Balaban J connectivity index is 1.85. The molecule has 3 heteroatoms. The van der Waals surface area contributed by atoms with E-state index in [0.29, 0.717) is 12.6 Å². The SMILES string of the molecule is OCC1CCCN1Cc1csc2ccccc12. The van der Waals surface area contributed by atoms with Crippen LogP contribution in [0.5, 0.6) is 0 Å². The van der Waals surface area contributed by atoms with Gasteiger partial charge in [0.15, 0.2) is 0 Å². The topological polar surface area (TPSA) is 23.5 Å². The van der Waals surface area contributed by atoms with E-state index in [1.807, 2.05) is 11.3 Å². The molecule has 1 aliphatic heterocycles. The number of likely N-dealkylation sites (tertiary alicyclic amines) is 1. The van der Waals surface area contributed by atoms with Gasteiger partial charge in [-0.15, -0.1) is 11.3 Å². The number of hydrogen-bond donors (Lipinski definition) is 1. The summed E-state index contributed by atoms with van der Waals surface area (Å²) < 4.78 is 1.36. The molecule has 1 aromatic heterocycles. The van der Waals surface area contributed by atoms with Gasteiger partial charge < -0.3 is 5.11 Å². The molecule has 2 aromatic rings. The average Bonchev–Trinajstić information content (AvgIpc) is 2.97. The molecule has 90 valence electrons. The van der Waals surface area contributed by atoms with Gasteiger partial charge in [-0.25, -0.2) is 0 Å². The standard InChI is InChI=1S/C14H17NOS/c16-9-12-4-3-7-15(12)8-11-10-17-14-6-2-1-5-13(11)14/h1-2,5-6,10,12,16H,3-4,7-9H2. The van der Waals surface area contributed by atoms with Crippen molar-refractivity contribution in [3.05, 3.63) is 35.2 Å². The minimum absolute atomic E-state index is 0.294. The number of hydrogen-bond acceptors (Lipinski definition) is 3. The van der Waals surface area contributed by atoms with Gasteiger partial charge in [-0.2, -0.15) is 0 Å².